The van der Waals surface area contributed by atoms with Crippen LogP contribution in [0.1, 0.15) is 21.0 Å². The van der Waals surface area contributed by atoms with E-state index in [9.17, 15) is 9.59 Å². The quantitative estimate of drug-likeness (QED) is 0.702. The van der Waals surface area contributed by atoms with E-state index in [1.807, 2.05) is 0 Å². The molecule has 4 nitrogen and oxygen atoms in total. The first-order chi connectivity index (χ1) is 6.59. The molecule has 0 bridgehead atoms. The van der Waals surface area contributed by atoms with Crippen molar-refractivity contribution < 1.29 is 14.7 Å². The number of carbonyl (C=O) groups is 2. The van der Waals surface area contributed by atoms with Crippen LogP contribution in [0, 0.1) is 11.8 Å². The van der Waals surface area contributed by atoms with Gasteiger partial charge in [-0.3, -0.25) is 4.79 Å². The molecule has 5 heteroatoms. The highest BCUT2D eigenvalue weighted by Gasteiger charge is 2.04. The SMILES string of the molecule is NC(=O)CC#Cc1ccc(C(=O)O)s1. The number of carboxylic acids is 1. The lowest BCUT2D eigenvalue weighted by Crippen LogP contribution is -2.08. The summed E-state index contributed by atoms with van der Waals surface area (Å²) in [4.78, 5) is 21.7. The van der Waals surface area contributed by atoms with Crippen molar-refractivity contribution >= 4 is 23.2 Å². The number of nitrogens with two attached hydrogens (primary N) is 1. The van der Waals surface area contributed by atoms with Gasteiger partial charge in [0.15, 0.2) is 0 Å². The van der Waals surface area contributed by atoms with Gasteiger partial charge in [-0.2, -0.15) is 0 Å². The Labute approximate surface area is 84.4 Å². The summed E-state index contributed by atoms with van der Waals surface area (Å²) in [7, 11) is 0. The molecule has 14 heavy (non-hydrogen) atoms. The van der Waals surface area contributed by atoms with E-state index >= 15 is 0 Å². The summed E-state index contributed by atoms with van der Waals surface area (Å²) in [5.41, 5.74) is 4.88. The molecule has 0 radical (unpaired) electrons. The van der Waals surface area contributed by atoms with Crippen molar-refractivity contribution in [2.75, 3.05) is 0 Å². The van der Waals surface area contributed by atoms with E-state index in [0.29, 0.717) is 4.88 Å². The first-order valence-corrected chi connectivity index (χ1v) is 4.51. The van der Waals surface area contributed by atoms with Crippen LogP contribution in [-0.4, -0.2) is 17.0 Å². The van der Waals surface area contributed by atoms with Crippen LogP contribution >= 0.6 is 11.3 Å². The largest absolute Gasteiger partial charge is 0.477 e. The van der Waals surface area contributed by atoms with Crippen molar-refractivity contribution in [3.05, 3.63) is 21.9 Å². The van der Waals surface area contributed by atoms with Gasteiger partial charge in [0.2, 0.25) is 5.91 Å². The van der Waals surface area contributed by atoms with Crippen LogP contribution in [0.2, 0.25) is 0 Å². The molecule has 0 aliphatic heterocycles. The molecule has 72 valence electrons. The molecule has 0 aliphatic carbocycles. The van der Waals surface area contributed by atoms with Gasteiger partial charge in [0.25, 0.3) is 0 Å². The van der Waals surface area contributed by atoms with Gasteiger partial charge in [0, 0.05) is 0 Å². The zero-order valence-corrected chi connectivity index (χ0v) is 7.93. The fraction of sp³-hybridized carbons (Fsp3) is 0.111. The predicted octanol–water partition coefficient (Wildman–Crippen LogP) is 0.673. The fourth-order valence-corrected chi connectivity index (χ4v) is 1.46. The summed E-state index contributed by atoms with van der Waals surface area (Å²) in [6.45, 7) is 0. The van der Waals surface area contributed by atoms with Crippen LogP contribution < -0.4 is 5.73 Å². The highest BCUT2D eigenvalue weighted by atomic mass is 32.1. The molecule has 0 aromatic carbocycles. The zero-order chi connectivity index (χ0) is 10.6. The van der Waals surface area contributed by atoms with Gasteiger partial charge in [-0.25, -0.2) is 4.79 Å². The molecule has 0 fully saturated rings. The van der Waals surface area contributed by atoms with Gasteiger partial charge in [-0.1, -0.05) is 11.8 Å². The third-order valence-corrected chi connectivity index (χ3v) is 2.28. The Morgan fingerprint density at radius 3 is 2.71 bits per heavy atom. The highest BCUT2D eigenvalue weighted by Crippen LogP contribution is 2.14. The van der Waals surface area contributed by atoms with Crippen LogP contribution in [0.25, 0.3) is 0 Å². The molecule has 3 N–H and O–H groups in total. The molecule has 1 aromatic rings. The summed E-state index contributed by atoms with van der Waals surface area (Å²) < 4.78 is 0. The maximum absolute atomic E-state index is 10.5. The van der Waals surface area contributed by atoms with E-state index in [0.717, 1.165) is 11.3 Å². The molecule has 0 aliphatic rings. The van der Waals surface area contributed by atoms with Crippen LogP contribution in [0.3, 0.4) is 0 Å². The number of hydrogen-bond donors (Lipinski definition) is 2. The second-order valence-electron chi connectivity index (χ2n) is 2.41. The van der Waals surface area contributed by atoms with E-state index in [1.54, 1.807) is 6.07 Å². The predicted molar refractivity (Wildman–Crippen MR) is 52.0 cm³/mol. The standard InChI is InChI=1S/C9H7NO3S/c10-8(11)3-1-2-6-4-5-7(14-6)9(12)13/h4-5H,3H2,(H2,10,11)(H,12,13). The van der Waals surface area contributed by atoms with E-state index in [-0.39, 0.29) is 11.3 Å². The van der Waals surface area contributed by atoms with E-state index < -0.39 is 11.9 Å². The number of aromatic carboxylic acids is 1. The lowest BCUT2D eigenvalue weighted by Gasteiger charge is -1.81. The fourth-order valence-electron chi connectivity index (χ4n) is 0.738. The summed E-state index contributed by atoms with van der Waals surface area (Å²) in [6.07, 6.45) is -0.0136. The van der Waals surface area contributed by atoms with Gasteiger partial charge in [-0.05, 0) is 12.1 Å². The van der Waals surface area contributed by atoms with Gasteiger partial charge >= 0.3 is 5.97 Å². The lowest BCUT2D eigenvalue weighted by molar-refractivity contribution is -0.117. The summed E-state index contributed by atoms with van der Waals surface area (Å²) in [5, 5.41) is 8.60. The Balaban J connectivity index is 2.71. The van der Waals surface area contributed by atoms with Crippen LogP contribution in [0.4, 0.5) is 0 Å². The Morgan fingerprint density at radius 2 is 2.21 bits per heavy atom. The van der Waals surface area contributed by atoms with E-state index in [1.165, 1.54) is 6.07 Å². The molecule has 0 spiro atoms. The summed E-state index contributed by atoms with van der Waals surface area (Å²) in [5.74, 6) is 3.73. The van der Waals surface area contributed by atoms with Crippen molar-refractivity contribution in [1.29, 1.82) is 0 Å². The molecule has 1 rings (SSSR count). The molecule has 1 amide bonds. The number of rotatable bonds is 2. The normalized spacial score (nSPS) is 8.86. The first kappa shape index (κ1) is 10.3. The Kier molecular flexibility index (Phi) is 3.26. The number of amides is 1. The van der Waals surface area contributed by atoms with Gasteiger partial charge < -0.3 is 10.8 Å². The number of thiophene rings is 1. The minimum absolute atomic E-state index is 0.0136. The van der Waals surface area contributed by atoms with Crippen molar-refractivity contribution in [2.24, 2.45) is 5.73 Å². The second-order valence-corrected chi connectivity index (χ2v) is 3.50. The van der Waals surface area contributed by atoms with Crippen molar-refractivity contribution in [3.63, 3.8) is 0 Å². The molecule has 1 aromatic heterocycles. The van der Waals surface area contributed by atoms with Gasteiger partial charge in [-0.15, -0.1) is 11.3 Å². The Hall–Kier alpha value is -1.80. The second kappa shape index (κ2) is 4.44. The lowest BCUT2D eigenvalue weighted by atomic mass is 10.4. The minimum Gasteiger partial charge on any atom is -0.477 e. The molecular formula is C9H7NO3S. The Bertz CT molecular complexity index is 425. The third kappa shape index (κ3) is 2.92. The minimum atomic E-state index is -0.974. The molecule has 0 unspecified atom stereocenters. The van der Waals surface area contributed by atoms with Crippen LogP contribution in [0.5, 0.6) is 0 Å². The van der Waals surface area contributed by atoms with Gasteiger partial charge in [0.05, 0.1) is 11.3 Å². The van der Waals surface area contributed by atoms with Crippen molar-refractivity contribution in [2.45, 2.75) is 6.42 Å². The smallest absolute Gasteiger partial charge is 0.345 e. The number of primary amides is 1. The molecule has 0 saturated carbocycles. The highest BCUT2D eigenvalue weighted by molar-refractivity contribution is 7.14. The van der Waals surface area contributed by atoms with Crippen molar-refractivity contribution in [1.82, 2.24) is 0 Å². The number of carboxylic acid groups (broad SMARTS) is 1. The Morgan fingerprint density at radius 1 is 1.50 bits per heavy atom. The van der Waals surface area contributed by atoms with Crippen molar-refractivity contribution in [3.8, 4) is 11.8 Å². The van der Waals surface area contributed by atoms with E-state index in [4.69, 9.17) is 10.8 Å². The summed E-state index contributed by atoms with van der Waals surface area (Å²) in [6, 6.07) is 3.07. The summed E-state index contributed by atoms with van der Waals surface area (Å²) >= 11 is 1.07. The van der Waals surface area contributed by atoms with Crippen LogP contribution in [-0.2, 0) is 4.79 Å². The average Bonchev–Trinajstić information content (AvgIpc) is 2.52. The van der Waals surface area contributed by atoms with Crippen LogP contribution in [0.15, 0.2) is 12.1 Å². The molecule has 1 heterocycles. The topological polar surface area (TPSA) is 80.4 Å². The van der Waals surface area contributed by atoms with Gasteiger partial charge in [0.1, 0.15) is 4.88 Å². The molecule has 0 saturated heterocycles. The third-order valence-electron chi connectivity index (χ3n) is 1.29. The zero-order valence-electron chi connectivity index (χ0n) is 7.11. The molecule has 0 atom stereocenters. The maximum atomic E-state index is 10.5. The average molecular weight is 209 g/mol. The monoisotopic (exact) mass is 209 g/mol. The molecular weight excluding hydrogens is 202 g/mol. The number of hydrogen-bond acceptors (Lipinski definition) is 3. The van der Waals surface area contributed by atoms with E-state index in [2.05, 4.69) is 11.8 Å². The maximum Gasteiger partial charge on any atom is 0.345 e. The first-order valence-electron chi connectivity index (χ1n) is 3.70. The number of carbonyl (C=O) groups excluding carboxylic acids is 1.